The molecule has 1 aromatic carbocycles. The van der Waals surface area contributed by atoms with Gasteiger partial charge in [-0.3, -0.25) is 4.79 Å². The minimum absolute atomic E-state index is 0.0444. The molecule has 0 spiro atoms. The molecule has 1 fully saturated rings. The summed E-state index contributed by atoms with van der Waals surface area (Å²) in [5, 5.41) is 5.98. The number of rotatable bonds is 5. The van der Waals surface area contributed by atoms with Crippen molar-refractivity contribution in [1.82, 2.24) is 10.6 Å². The van der Waals surface area contributed by atoms with E-state index in [1.807, 2.05) is 0 Å². The molecule has 4 nitrogen and oxygen atoms in total. The molecule has 1 atom stereocenters. The number of hydrogen-bond donors (Lipinski definition) is 2. The van der Waals surface area contributed by atoms with Gasteiger partial charge < -0.3 is 15.4 Å². The Morgan fingerprint density at radius 3 is 2.59 bits per heavy atom. The van der Waals surface area contributed by atoms with Crippen LogP contribution in [0.1, 0.15) is 24.8 Å². The fourth-order valence-electron chi connectivity index (χ4n) is 2.26. The van der Waals surface area contributed by atoms with Crippen LogP contribution in [0.15, 0.2) is 24.3 Å². The molecule has 0 aromatic heterocycles. The highest BCUT2D eigenvalue weighted by atomic mass is 19.4. The van der Waals surface area contributed by atoms with Crippen LogP contribution in [-0.2, 0) is 11.3 Å². The van der Waals surface area contributed by atoms with E-state index in [-0.39, 0.29) is 17.7 Å². The van der Waals surface area contributed by atoms with Gasteiger partial charge >= 0.3 is 6.18 Å². The maximum Gasteiger partial charge on any atom is 0.422 e. The van der Waals surface area contributed by atoms with Crippen molar-refractivity contribution in [2.45, 2.75) is 38.0 Å². The van der Waals surface area contributed by atoms with E-state index in [9.17, 15) is 18.0 Å². The van der Waals surface area contributed by atoms with E-state index in [1.165, 1.54) is 12.1 Å². The molecule has 1 heterocycles. The van der Waals surface area contributed by atoms with Crippen molar-refractivity contribution in [2.75, 3.05) is 13.2 Å². The monoisotopic (exact) mass is 316 g/mol. The van der Waals surface area contributed by atoms with E-state index in [2.05, 4.69) is 15.4 Å². The molecular weight excluding hydrogens is 297 g/mol. The highest BCUT2D eigenvalue weighted by Crippen LogP contribution is 2.18. The first-order valence-corrected chi connectivity index (χ1v) is 7.24. The van der Waals surface area contributed by atoms with Crippen molar-refractivity contribution in [1.29, 1.82) is 0 Å². The summed E-state index contributed by atoms with van der Waals surface area (Å²) in [6.45, 7) is -0.115. The second-order valence-corrected chi connectivity index (χ2v) is 5.27. The van der Waals surface area contributed by atoms with Gasteiger partial charge in [-0.05, 0) is 37.1 Å². The summed E-state index contributed by atoms with van der Waals surface area (Å²) >= 11 is 0. The van der Waals surface area contributed by atoms with Gasteiger partial charge in [0.05, 0.1) is 6.04 Å². The lowest BCUT2D eigenvalue weighted by Gasteiger charge is -2.22. The summed E-state index contributed by atoms with van der Waals surface area (Å²) < 4.78 is 40.7. The lowest BCUT2D eigenvalue weighted by molar-refractivity contribution is -0.153. The van der Waals surface area contributed by atoms with Gasteiger partial charge in [0.15, 0.2) is 6.61 Å². The molecule has 1 aliphatic heterocycles. The lowest BCUT2D eigenvalue weighted by atomic mass is 10.0. The number of carbonyl (C=O) groups excluding carboxylic acids is 1. The molecule has 0 bridgehead atoms. The summed E-state index contributed by atoms with van der Waals surface area (Å²) in [7, 11) is 0. The Morgan fingerprint density at radius 2 is 2.00 bits per heavy atom. The van der Waals surface area contributed by atoms with Gasteiger partial charge in [-0.15, -0.1) is 0 Å². The number of nitrogens with one attached hydrogen (secondary N) is 2. The first-order chi connectivity index (χ1) is 10.4. The average molecular weight is 316 g/mol. The molecule has 22 heavy (non-hydrogen) atoms. The van der Waals surface area contributed by atoms with E-state index in [4.69, 9.17) is 0 Å². The van der Waals surface area contributed by atoms with Crippen LogP contribution >= 0.6 is 0 Å². The highest BCUT2D eigenvalue weighted by molar-refractivity contribution is 5.81. The molecule has 1 aliphatic rings. The average Bonchev–Trinajstić information content (AvgIpc) is 2.52. The second-order valence-electron chi connectivity index (χ2n) is 5.27. The molecule has 7 heteroatoms. The zero-order chi connectivity index (χ0) is 16.0. The molecule has 122 valence electrons. The first-order valence-electron chi connectivity index (χ1n) is 7.24. The van der Waals surface area contributed by atoms with Crippen LogP contribution in [-0.4, -0.2) is 31.3 Å². The normalized spacial score (nSPS) is 18.8. The number of piperidine rings is 1. The molecule has 1 unspecified atom stereocenters. The number of alkyl halides is 3. The summed E-state index contributed by atoms with van der Waals surface area (Å²) in [5.41, 5.74) is 0.809. The van der Waals surface area contributed by atoms with Crippen LogP contribution in [0.5, 0.6) is 5.75 Å². The van der Waals surface area contributed by atoms with Gasteiger partial charge in [0.2, 0.25) is 5.91 Å². The minimum Gasteiger partial charge on any atom is -0.484 e. The first kappa shape index (κ1) is 16.6. The van der Waals surface area contributed by atoms with E-state index >= 15 is 0 Å². The second kappa shape index (κ2) is 7.49. The molecule has 2 rings (SSSR count). The van der Waals surface area contributed by atoms with Crippen LogP contribution in [0, 0.1) is 0 Å². The summed E-state index contributed by atoms with van der Waals surface area (Å²) in [5.74, 6) is 0.110. The van der Waals surface area contributed by atoms with Crippen molar-refractivity contribution < 1.29 is 22.7 Å². The number of ether oxygens (including phenoxy) is 1. The van der Waals surface area contributed by atoms with E-state index in [1.54, 1.807) is 12.1 Å². The van der Waals surface area contributed by atoms with Crippen molar-refractivity contribution in [3.05, 3.63) is 29.8 Å². The van der Waals surface area contributed by atoms with Crippen LogP contribution in [0.2, 0.25) is 0 Å². The molecule has 1 aromatic rings. The van der Waals surface area contributed by atoms with Gasteiger partial charge in [0, 0.05) is 6.54 Å². The standard InChI is InChI=1S/C15H19F3N2O2/c16-15(17,18)10-22-12-6-4-11(5-7-12)9-20-14(21)13-3-1-2-8-19-13/h4-7,13,19H,1-3,8-10H2,(H,20,21). The summed E-state index contributed by atoms with van der Waals surface area (Å²) in [4.78, 5) is 11.9. The van der Waals surface area contributed by atoms with Crippen LogP contribution in [0.25, 0.3) is 0 Å². The topological polar surface area (TPSA) is 50.4 Å². The lowest BCUT2D eigenvalue weighted by Crippen LogP contribution is -2.46. The number of halogens is 3. The Labute approximate surface area is 127 Å². The third kappa shape index (κ3) is 5.55. The van der Waals surface area contributed by atoms with Crippen molar-refractivity contribution in [2.24, 2.45) is 0 Å². The maximum absolute atomic E-state index is 12.0. The Hall–Kier alpha value is -1.76. The fourth-order valence-corrected chi connectivity index (χ4v) is 2.26. The van der Waals surface area contributed by atoms with E-state index in [0.29, 0.717) is 6.54 Å². The molecule has 0 radical (unpaired) electrons. The fraction of sp³-hybridized carbons (Fsp3) is 0.533. The minimum atomic E-state index is -4.35. The Morgan fingerprint density at radius 1 is 1.27 bits per heavy atom. The van der Waals surface area contributed by atoms with Gasteiger partial charge in [-0.1, -0.05) is 18.6 Å². The molecular formula is C15H19F3N2O2. The van der Waals surface area contributed by atoms with Crippen LogP contribution < -0.4 is 15.4 Å². The third-order valence-corrected chi connectivity index (χ3v) is 3.42. The Bertz CT molecular complexity index is 483. The maximum atomic E-state index is 12.0. The molecule has 0 aliphatic carbocycles. The molecule has 1 amide bonds. The number of carbonyl (C=O) groups is 1. The van der Waals surface area contributed by atoms with Gasteiger partial charge in [-0.25, -0.2) is 0 Å². The van der Waals surface area contributed by atoms with Crippen LogP contribution in [0.4, 0.5) is 13.2 Å². The largest absolute Gasteiger partial charge is 0.484 e. The van der Waals surface area contributed by atoms with E-state index < -0.39 is 12.8 Å². The van der Waals surface area contributed by atoms with Gasteiger partial charge in [0.25, 0.3) is 0 Å². The smallest absolute Gasteiger partial charge is 0.422 e. The molecule has 1 saturated heterocycles. The highest BCUT2D eigenvalue weighted by Gasteiger charge is 2.28. The SMILES string of the molecule is O=C(NCc1ccc(OCC(F)(F)F)cc1)C1CCCCN1. The van der Waals surface area contributed by atoms with Crippen molar-refractivity contribution in [3.63, 3.8) is 0 Å². The zero-order valence-corrected chi connectivity index (χ0v) is 12.1. The summed E-state index contributed by atoms with van der Waals surface area (Å²) in [6.07, 6.45) is -1.39. The molecule has 0 saturated carbocycles. The van der Waals surface area contributed by atoms with Gasteiger partial charge in [-0.2, -0.15) is 13.2 Å². The quantitative estimate of drug-likeness (QED) is 0.877. The Balaban J connectivity index is 1.77. The predicted molar refractivity (Wildman–Crippen MR) is 75.5 cm³/mol. The Kier molecular flexibility index (Phi) is 5.65. The number of amides is 1. The molecule has 2 N–H and O–H groups in total. The van der Waals surface area contributed by atoms with E-state index in [0.717, 1.165) is 31.4 Å². The zero-order valence-electron chi connectivity index (χ0n) is 12.1. The summed E-state index contributed by atoms with van der Waals surface area (Å²) in [6, 6.07) is 6.06. The predicted octanol–water partition coefficient (Wildman–Crippen LogP) is 2.39. The third-order valence-electron chi connectivity index (χ3n) is 3.42. The van der Waals surface area contributed by atoms with Gasteiger partial charge in [0.1, 0.15) is 5.75 Å². The number of benzene rings is 1. The van der Waals surface area contributed by atoms with Crippen LogP contribution in [0.3, 0.4) is 0 Å². The van der Waals surface area contributed by atoms with Crippen molar-refractivity contribution in [3.8, 4) is 5.75 Å². The number of hydrogen-bond acceptors (Lipinski definition) is 3. The van der Waals surface area contributed by atoms with Crippen molar-refractivity contribution >= 4 is 5.91 Å².